The summed E-state index contributed by atoms with van der Waals surface area (Å²) in [5.41, 5.74) is 2.55. The average molecular weight is 272 g/mol. The summed E-state index contributed by atoms with van der Waals surface area (Å²) in [4.78, 5) is 19.5. The lowest BCUT2D eigenvalue weighted by atomic mass is 10.1. The van der Waals surface area contributed by atoms with Gasteiger partial charge in [0.15, 0.2) is 6.61 Å². The summed E-state index contributed by atoms with van der Waals surface area (Å²) < 4.78 is 4.06. The lowest BCUT2D eigenvalue weighted by Gasteiger charge is -1.98. The van der Waals surface area contributed by atoms with E-state index in [0.29, 0.717) is 0 Å². The maximum absolute atomic E-state index is 9.86. The number of carbonyl (C=O) groups is 2. The lowest BCUT2D eigenvalue weighted by molar-refractivity contribution is -0.153. The van der Waals surface area contributed by atoms with Crippen LogP contribution in [0.5, 0.6) is 0 Å². The molecule has 0 heterocycles. The molecule has 0 fully saturated rings. The summed E-state index contributed by atoms with van der Waals surface area (Å²) in [5.74, 6) is -1.72. The molecule has 4 nitrogen and oxygen atoms in total. The van der Waals surface area contributed by atoms with Crippen molar-refractivity contribution in [1.82, 2.24) is 0 Å². The normalized spacial score (nSPS) is 9.05. The van der Waals surface area contributed by atoms with Gasteiger partial charge in [0.2, 0.25) is 0 Å². The number of hydrogen-bond acceptors (Lipinski definition) is 3. The molecule has 0 aromatic heterocycles. The maximum Gasteiger partial charge on any atom is 0.341 e. The first kappa shape index (κ1) is 15.4. The van der Waals surface area contributed by atoms with Gasteiger partial charge in [-0.3, -0.25) is 4.79 Å². The van der Waals surface area contributed by atoms with Crippen molar-refractivity contribution in [3.8, 4) is 11.1 Å². The first-order valence-electron chi connectivity index (χ1n) is 6.05. The zero-order valence-electron chi connectivity index (χ0n) is 11.2. The number of benzene rings is 2. The molecule has 0 bridgehead atoms. The molecule has 104 valence electrons. The summed E-state index contributed by atoms with van der Waals surface area (Å²) in [6, 6.07) is 20.8. The summed E-state index contributed by atoms with van der Waals surface area (Å²) in [6.45, 7) is 0.609. The van der Waals surface area contributed by atoms with E-state index in [1.54, 1.807) is 0 Å². The first-order chi connectivity index (χ1) is 9.59. The van der Waals surface area contributed by atoms with Gasteiger partial charge in [0.1, 0.15) is 0 Å². The van der Waals surface area contributed by atoms with Crippen LogP contribution in [-0.2, 0) is 14.3 Å². The van der Waals surface area contributed by atoms with Gasteiger partial charge in [0.05, 0.1) is 0 Å². The summed E-state index contributed by atoms with van der Waals surface area (Å²) >= 11 is 0. The van der Waals surface area contributed by atoms with Crippen LogP contribution < -0.4 is 0 Å². The predicted molar refractivity (Wildman–Crippen MR) is 76.1 cm³/mol. The van der Waals surface area contributed by atoms with Crippen LogP contribution in [0.2, 0.25) is 0 Å². The zero-order valence-corrected chi connectivity index (χ0v) is 11.2. The van der Waals surface area contributed by atoms with E-state index in [1.165, 1.54) is 11.1 Å². The van der Waals surface area contributed by atoms with E-state index in [4.69, 9.17) is 5.11 Å². The van der Waals surface area contributed by atoms with Crippen molar-refractivity contribution in [3.05, 3.63) is 60.7 Å². The minimum atomic E-state index is -1.14. The van der Waals surface area contributed by atoms with Gasteiger partial charge in [-0.05, 0) is 11.1 Å². The van der Waals surface area contributed by atoms with E-state index in [1.807, 2.05) is 12.1 Å². The minimum Gasteiger partial charge on any atom is -0.479 e. The van der Waals surface area contributed by atoms with Gasteiger partial charge in [-0.2, -0.15) is 0 Å². The highest BCUT2D eigenvalue weighted by Gasteiger charge is 1.97. The van der Waals surface area contributed by atoms with E-state index >= 15 is 0 Å². The molecule has 2 rings (SSSR count). The Labute approximate surface area is 117 Å². The number of hydrogen-bond donors (Lipinski definition) is 1. The molecule has 0 aliphatic heterocycles. The zero-order chi connectivity index (χ0) is 14.8. The Bertz CT molecular complexity index is 483. The van der Waals surface area contributed by atoms with Crippen molar-refractivity contribution in [3.63, 3.8) is 0 Å². The standard InChI is InChI=1S/C12H10.C4H6O4/c1-3-7-11(8-4-1)12-9-5-2-6-10-12;1-3(5)8-2-4(6)7/h1-10H;2H2,1H3,(H,6,7). The third-order valence-corrected chi connectivity index (χ3v) is 2.28. The molecule has 2 aromatic carbocycles. The number of carbonyl (C=O) groups excluding carboxylic acids is 1. The number of aliphatic carboxylic acids is 1. The number of carboxylic acid groups (broad SMARTS) is 1. The average Bonchev–Trinajstić information content (AvgIpc) is 2.48. The molecule has 0 saturated heterocycles. The second kappa shape index (κ2) is 8.48. The molecule has 20 heavy (non-hydrogen) atoms. The van der Waals surface area contributed by atoms with Crippen molar-refractivity contribution in [2.75, 3.05) is 6.61 Å². The number of carboxylic acids is 1. The molecular formula is C16H16O4. The molecule has 0 amide bonds. The van der Waals surface area contributed by atoms with Gasteiger partial charge in [0, 0.05) is 6.92 Å². The second-order valence-corrected chi connectivity index (χ2v) is 3.91. The Balaban J connectivity index is 0.000000221. The fourth-order valence-corrected chi connectivity index (χ4v) is 1.42. The Morgan fingerprint density at radius 3 is 1.55 bits per heavy atom. The third-order valence-electron chi connectivity index (χ3n) is 2.28. The molecule has 2 aromatic rings. The van der Waals surface area contributed by atoms with Gasteiger partial charge < -0.3 is 9.84 Å². The van der Waals surface area contributed by atoms with E-state index < -0.39 is 18.5 Å². The maximum atomic E-state index is 9.86. The number of esters is 1. The van der Waals surface area contributed by atoms with Gasteiger partial charge in [0.25, 0.3) is 0 Å². The Kier molecular flexibility index (Phi) is 6.54. The second-order valence-electron chi connectivity index (χ2n) is 3.91. The highest BCUT2D eigenvalue weighted by Crippen LogP contribution is 2.17. The fraction of sp³-hybridized carbons (Fsp3) is 0.125. The molecule has 0 atom stereocenters. The largest absolute Gasteiger partial charge is 0.479 e. The van der Waals surface area contributed by atoms with Crippen molar-refractivity contribution >= 4 is 11.9 Å². The minimum absolute atomic E-state index is 0.546. The van der Waals surface area contributed by atoms with Gasteiger partial charge in [-0.15, -0.1) is 0 Å². The molecule has 0 unspecified atom stereocenters. The van der Waals surface area contributed by atoms with Gasteiger partial charge in [-0.25, -0.2) is 4.79 Å². The smallest absolute Gasteiger partial charge is 0.341 e. The van der Waals surface area contributed by atoms with Gasteiger partial charge in [-0.1, -0.05) is 60.7 Å². The topological polar surface area (TPSA) is 63.6 Å². The SMILES string of the molecule is CC(=O)OCC(=O)O.c1ccc(-c2ccccc2)cc1. The molecule has 0 aliphatic rings. The van der Waals surface area contributed by atoms with Crippen molar-refractivity contribution in [2.24, 2.45) is 0 Å². The van der Waals surface area contributed by atoms with Crippen LogP contribution in [0.1, 0.15) is 6.92 Å². The first-order valence-corrected chi connectivity index (χ1v) is 6.05. The van der Waals surface area contributed by atoms with E-state index in [2.05, 4.69) is 53.3 Å². The van der Waals surface area contributed by atoms with E-state index in [-0.39, 0.29) is 0 Å². The van der Waals surface area contributed by atoms with Crippen LogP contribution in [0.25, 0.3) is 11.1 Å². The number of ether oxygens (including phenoxy) is 1. The van der Waals surface area contributed by atoms with E-state index in [0.717, 1.165) is 6.92 Å². The molecule has 1 N–H and O–H groups in total. The van der Waals surface area contributed by atoms with Crippen LogP contribution in [0.15, 0.2) is 60.7 Å². The van der Waals surface area contributed by atoms with Crippen molar-refractivity contribution in [1.29, 1.82) is 0 Å². The Morgan fingerprint density at radius 1 is 0.900 bits per heavy atom. The van der Waals surface area contributed by atoms with Crippen LogP contribution in [-0.4, -0.2) is 23.7 Å². The monoisotopic (exact) mass is 272 g/mol. The predicted octanol–water partition coefficient (Wildman–Crippen LogP) is 2.99. The number of rotatable bonds is 3. The summed E-state index contributed by atoms with van der Waals surface area (Å²) in [5, 5.41) is 7.89. The molecule has 0 saturated carbocycles. The third kappa shape index (κ3) is 6.35. The molecule has 0 spiro atoms. The summed E-state index contributed by atoms with van der Waals surface area (Å²) in [6.07, 6.45) is 0. The molecule has 0 radical (unpaired) electrons. The van der Waals surface area contributed by atoms with Crippen molar-refractivity contribution < 1.29 is 19.4 Å². The summed E-state index contributed by atoms with van der Waals surface area (Å²) in [7, 11) is 0. The van der Waals surface area contributed by atoms with Crippen LogP contribution >= 0.6 is 0 Å². The molecule has 4 heteroatoms. The van der Waals surface area contributed by atoms with Gasteiger partial charge >= 0.3 is 11.9 Å². The highest BCUT2D eigenvalue weighted by atomic mass is 16.5. The lowest BCUT2D eigenvalue weighted by Crippen LogP contribution is -2.09. The van der Waals surface area contributed by atoms with Crippen LogP contribution in [0.4, 0.5) is 0 Å². The van der Waals surface area contributed by atoms with Crippen LogP contribution in [0.3, 0.4) is 0 Å². The van der Waals surface area contributed by atoms with Crippen molar-refractivity contribution in [2.45, 2.75) is 6.92 Å². The Hall–Kier alpha value is -2.62. The molecule has 0 aliphatic carbocycles. The van der Waals surface area contributed by atoms with E-state index in [9.17, 15) is 9.59 Å². The highest BCUT2D eigenvalue weighted by molar-refractivity contribution is 5.73. The Morgan fingerprint density at radius 2 is 1.30 bits per heavy atom. The van der Waals surface area contributed by atoms with Crippen LogP contribution in [0, 0.1) is 0 Å². The quantitative estimate of drug-likeness (QED) is 0.872. The molecular weight excluding hydrogens is 256 g/mol. The fourth-order valence-electron chi connectivity index (χ4n) is 1.42.